The van der Waals surface area contributed by atoms with Crippen LogP contribution in [0.25, 0.3) is 0 Å². The third-order valence-corrected chi connectivity index (χ3v) is 2.45. The molecule has 1 heterocycles. The molecule has 0 fully saturated rings. The summed E-state index contributed by atoms with van der Waals surface area (Å²) in [7, 11) is 0. The van der Waals surface area contributed by atoms with Crippen molar-refractivity contribution in [2.24, 2.45) is 0 Å². The third kappa shape index (κ3) is 2.90. The van der Waals surface area contributed by atoms with Gasteiger partial charge in [0.2, 0.25) is 0 Å². The summed E-state index contributed by atoms with van der Waals surface area (Å²) in [4.78, 5) is 15.4. The van der Waals surface area contributed by atoms with Crippen molar-refractivity contribution in [2.75, 3.05) is 5.32 Å². The topological polar surface area (TPSA) is 70.7 Å². The summed E-state index contributed by atoms with van der Waals surface area (Å²) in [6, 6.07) is 7.43. The molecule has 88 valence electrons. The molecule has 2 rings (SSSR count). The number of rotatable bonds is 5. The second-order valence-electron chi connectivity index (χ2n) is 3.64. The fourth-order valence-corrected chi connectivity index (χ4v) is 1.48. The number of aromatic amines is 1. The van der Waals surface area contributed by atoms with Crippen molar-refractivity contribution >= 4 is 11.5 Å². The summed E-state index contributed by atoms with van der Waals surface area (Å²) in [5.41, 5.74) is 1.70. The standard InChI is InChI=1S/C12H14N4O/c1-2-11(17)9-3-5-10(6-4-9)13-7-12-14-8-15-16-12/h3-6,8,13H,2,7H2,1H3,(H,14,15,16). The van der Waals surface area contributed by atoms with Crippen LogP contribution < -0.4 is 5.32 Å². The molecule has 17 heavy (non-hydrogen) atoms. The Kier molecular flexibility index (Phi) is 3.49. The number of H-pyrrole nitrogens is 1. The quantitative estimate of drug-likeness (QED) is 0.771. The molecule has 0 radical (unpaired) electrons. The Balaban J connectivity index is 1.96. The fourth-order valence-electron chi connectivity index (χ4n) is 1.48. The zero-order valence-electron chi connectivity index (χ0n) is 9.60. The second kappa shape index (κ2) is 5.25. The largest absolute Gasteiger partial charge is 0.378 e. The van der Waals surface area contributed by atoms with E-state index in [2.05, 4.69) is 20.5 Å². The molecule has 5 heteroatoms. The Bertz CT molecular complexity index is 476. The highest BCUT2D eigenvalue weighted by atomic mass is 16.1. The molecule has 0 saturated carbocycles. The van der Waals surface area contributed by atoms with Gasteiger partial charge in [0.1, 0.15) is 12.2 Å². The van der Waals surface area contributed by atoms with E-state index in [4.69, 9.17) is 0 Å². The van der Waals surface area contributed by atoms with Crippen LogP contribution in [0.15, 0.2) is 30.6 Å². The molecule has 1 aromatic carbocycles. The van der Waals surface area contributed by atoms with E-state index >= 15 is 0 Å². The van der Waals surface area contributed by atoms with Crippen LogP contribution >= 0.6 is 0 Å². The summed E-state index contributed by atoms with van der Waals surface area (Å²) in [6.45, 7) is 2.44. The number of carbonyl (C=O) groups excluding carboxylic acids is 1. The first-order chi connectivity index (χ1) is 8.29. The van der Waals surface area contributed by atoms with E-state index in [-0.39, 0.29) is 5.78 Å². The Morgan fingerprint density at radius 1 is 1.35 bits per heavy atom. The van der Waals surface area contributed by atoms with Crippen LogP contribution in [0, 0.1) is 0 Å². The van der Waals surface area contributed by atoms with Crippen LogP contribution in [-0.2, 0) is 6.54 Å². The minimum absolute atomic E-state index is 0.159. The first-order valence-electron chi connectivity index (χ1n) is 5.51. The lowest BCUT2D eigenvalue weighted by Crippen LogP contribution is -2.02. The van der Waals surface area contributed by atoms with Gasteiger partial charge in [-0.1, -0.05) is 6.92 Å². The van der Waals surface area contributed by atoms with Crippen molar-refractivity contribution in [1.29, 1.82) is 0 Å². The van der Waals surface area contributed by atoms with Gasteiger partial charge in [-0.15, -0.1) is 0 Å². The molecule has 0 spiro atoms. The predicted molar refractivity (Wildman–Crippen MR) is 64.8 cm³/mol. The molecule has 0 unspecified atom stereocenters. The smallest absolute Gasteiger partial charge is 0.162 e. The van der Waals surface area contributed by atoms with Crippen molar-refractivity contribution in [3.05, 3.63) is 42.0 Å². The van der Waals surface area contributed by atoms with Crippen molar-refractivity contribution in [2.45, 2.75) is 19.9 Å². The van der Waals surface area contributed by atoms with Crippen LogP contribution in [-0.4, -0.2) is 21.0 Å². The Hall–Kier alpha value is -2.17. The molecule has 0 amide bonds. The maximum Gasteiger partial charge on any atom is 0.162 e. The van der Waals surface area contributed by atoms with Crippen molar-refractivity contribution < 1.29 is 4.79 Å². The van der Waals surface area contributed by atoms with Crippen LogP contribution in [0.1, 0.15) is 29.5 Å². The molecule has 0 aliphatic carbocycles. The average molecular weight is 230 g/mol. The van der Waals surface area contributed by atoms with Gasteiger partial charge < -0.3 is 5.32 Å². The third-order valence-electron chi connectivity index (χ3n) is 2.45. The van der Waals surface area contributed by atoms with Gasteiger partial charge in [0.25, 0.3) is 0 Å². The summed E-state index contributed by atoms with van der Waals surface area (Å²) < 4.78 is 0. The number of ketones is 1. The molecule has 1 aromatic heterocycles. The van der Waals surface area contributed by atoms with Gasteiger partial charge in [0.15, 0.2) is 5.78 Å². The second-order valence-corrected chi connectivity index (χ2v) is 3.64. The van der Waals surface area contributed by atoms with Gasteiger partial charge in [0, 0.05) is 17.7 Å². The number of carbonyl (C=O) groups is 1. The minimum Gasteiger partial charge on any atom is -0.378 e. The van der Waals surface area contributed by atoms with Crippen LogP contribution in [0.3, 0.4) is 0 Å². The summed E-state index contributed by atoms with van der Waals surface area (Å²) in [5.74, 6) is 0.936. The van der Waals surface area contributed by atoms with Gasteiger partial charge in [-0.2, -0.15) is 5.10 Å². The Morgan fingerprint density at radius 2 is 2.12 bits per heavy atom. The van der Waals surface area contributed by atoms with E-state index in [1.54, 1.807) is 0 Å². The van der Waals surface area contributed by atoms with E-state index in [9.17, 15) is 4.79 Å². The van der Waals surface area contributed by atoms with Crippen LogP contribution in [0.4, 0.5) is 5.69 Å². The number of nitrogens with one attached hydrogen (secondary N) is 2. The first kappa shape index (κ1) is 11.3. The molecular weight excluding hydrogens is 216 g/mol. The van der Waals surface area contributed by atoms with Crippen molar-refractivity contribution in [3.63, 3.8) is 0 Å². The minimum atomic E-state index is 0.159. The molecule has 5 nitrogen and oxygen atoms in total. The molecule has 0 atom stereocenters. The zero-order chi connectivity index (χ0) is 12.1. The number of nitrogens with zero attached hydrogens (tertiary/aromatic N) is 2. The van der Waals surface area contributed by atoms with E-state index in [1.165, 1.54) is 6.33 Å². The molecular formula is C12H14N4O. The molecule has 0 aliphatic rings. The lowest BCUT2D eigenvalue weighted by Gasteiger charge is -2.04. The maximum atomic E-state index is 11.4. The van der Waals surface area contributed by atoms with Gasteiger partial charge in [0.05, 0.1) is 6.54 Å². The maximum absolute atomic E-state index is 11.4. The number of benzene rings is 1. The molecule has 0 saturated heterocycles. The van der Waals surface area contributed by atoms with Crippen molar-refractivity contribution in [3.8, 4) is 0 Å². The highest BCUT2D eigenvalue weighted by Crippen LogP contribution is 2.11. The highest BCUT2D eigenvalue weighted by Gasteiger charge is 2.02. The number of aromatic nitrogens is 3. The van der Waals surface area contributed by atoms with Crippen LogP contribution in [0.2, 0.25) is 0 Å². The summed E-state index contributed by atoms with van der Waals surface area (Å²) in [6.07, 6.45) is 2.00. The summed E-state index contributed by atoms with van der Waals surface area (Å²) in [5, 5.41) is 9.72. The van der Waals surface area contributed by atoms with Gasteiger partial charge in [-0.3, -0.25) is 9.89 Å². The fraction of sp³-hybridized carbons (Fsp3) is 0.250. The van der Waals surface area contributed by atoms with E-state index in [0.717, 1.165) is 17.1 Å². The highest BCUT2D eigenvalue weighted by molar-refractivity contribution is 5.96. The Labute approximate surface area is 99.3 Å². The first-order valence-corrected chi connectivity index (χ1v) is 5.51. The predicted octanol–water partition coefficient (Wildman–Crippen LogP) is 2.01. The van der Waals surface area contributed by atoms with Crippen molar-refractivity contribution in [1.82, 2.24) is 15.2 Å². The average Bonchev–Trinajstić information content (AvgIpc) is 2.89. The monoisotopic (exact) mass is 230 g/mol. The number of hydrogen-bond donors (Lipinski definition) is 2. The Morgan fingerprint density at radius 3 is 2.71 bits per heavy atom. The molecule has 2 aromatic rings. The number of hydrogen-bond acceptors (Lipinski definition) is 4. The lowest BCUT2D eigenvalue weighted by atomic mass is 10.1. The lowest BCUT2D eigenvalue weighted by molar-refractivity contribution is 0.0988. The normalized spacial score (nSPS) is 10.2. The summed E-state index contributed by atoms with van der Waals surface area (Å²) >= 11 is 0. The van der Waals surface area contributed by atoms with Gasteiger partial charge in [-0.05, 0) is 24.3 Å². The molecule has 0 aliphatic heterocycles. The number of anilines is 1. The van der Waals surface area contributed by atoms with Gasteiger partial charge in [-0.25, -0.2) is 4.98 Å². The van der Waals surface area contributed by atoms with Crippen LogP contribution in [0.5, 0.6) is 0 Å². The van der Waals surface area contributed by atoms with E-state index < -0.39 is 0 Å². The number of Topliss-reactive ketones (excluding diaryl/α,β-unsaturated/α-hetero) is 1. The molecule has 0 bridgehead atoms. The SMILES string of the molecule is CCC(=O)c1ccc(NCc2ncn[nH]2)cc1. The van der Waals surface area contributed by atoms with Gasteiger partial charge >= 0.3 is 0 Å². The van der Waals surface area contributed by atoms with E-state index in [0.29, 0.717) is 13.0 Å². The zero-order valence-corrected chi connectivity index (χ0v) is 9.60. The molecule has 2 N–H and O–H groups in total. The van der Waals surface area contributed by atoms with E-state index in [1.807, 2.05) is 31.2 Å².